The molecule has 0 aliphatic carbocycles. The molecule has 0 aliphatic rings. The van der Waals surface area contributed by atoms with Gasteiger partial charge in [0.1, 0.15) is 17.4 Å². The van der Waals surface area contributed by atoms with Crippen LogP contribution in [0.3, 0.4) is 0 Å². The van der Waals surface area contributed by atoms with Crippen molar-refractivity contribution in [3.63, 3.8) is 0 Å². The Kier molecular flexibility index (Phi) is 7.57. The Morgan fingerprint density at radius 3 is 2.68 bits per heavy atom. The van der Waals surface area contributed by atoms with E-state index in [9.17, 15) is 20.2 Å². The van der Waals surface area contributed by atoms with Gasteiger partial charge in [0.15, 0.2) is 0 Å². The molecule has 0 bridgehead atoms. The summed E-state index contributed by atoms with van der Waals surface area (Å²) in [5.74, 6) is -0.226. The van der Waals surface area contributed by atoms with Crippen LogP contribution in [0, 0.1) is 21.4 Å². The summed E-state index contributed by atoms with van der Waals surface area (Å²) in [7, 11) is 0. The first-order chi connectivity index (χ1) is 13.3. The van der Waals surface area contributed by atoms with E-state index in [4.69, 9.17) is 16.3 Å². The molecule has 0 unspecified atom stereocenters. The molecule has 10 heteroatoms. The highest BCUT2D eigenvalue weighted by molar-refractivity contribution is 9.11. The molecule has 0 heterocycles. The van der Waals surface area contributed by atoms with Gasteiger partial charge in [-0.15, -0.1) is 0 Å². The molecule has 2 rings (SSSR count). The highest BCUT2D eigenvalue weighted by atomic mass is 79.9. The number of nitrogens with zero attached hydrogens (tertiary/aromatic N) is 2. The highest BCUT2D eigenvalue weighted by Crippen LogP contribution is 2.34. The minimum atomic E-state index is -0.711. The zero-order chi connectivity index (χ0) is 20.8. The number of nitro groups is 1. The number of nitrogens with one attached hydrogen (secondary N) is 1. The molecule has 1 N–H and O–H groups in total. The molecule has 0 atom stereocenters. The Balaban J connectivity index is 2.37. The molecule has 0 radical (unpaired) electrons. The summed E-state index contributed by atoms with van der Waals surface area (Å²) < 4.78 is 6.97. The number of amides is 1. The Morgan fingerprint density at radius 2 is 2.11 bits per heavy atom. The maximum atomic E-state index is 12.5. The number of non-ortho nitro benzene ring substituents is 1. The van der Waals surface area contributed by atoms with E-state index < -0.39 is 10.8 Å². The summed E-state index contributed by atoms with van der Waals surface area (Å²) in [6, 6.07) is 8.95. The first-order valence-corrected chi connectivity index (χ1v) is 9.72. The van der Waals surface area contributed by atoms with E-state index in [1.807, 2.05) is 13.0 Å². The van der Waals surface area contributed by atoms with E-state index in [1.165, 1.54) is 18.2 Å². The van der Waals surface area contributed by atoms with E-state index in [0.717, 1.165) is 10.5 Å². The molecule has 144 valence electrons. The number of benzene rings is 2. The summed E-state index contributed by atoms with van der Waals surface area (Å²) in [4.78, 5) is 22.7. The van der Waals surface area contributed by atoms with Gasteiger partial charge in [-0.1, -0.05) is 27.5 Å². The van der Waals surface area contributed by atoms with Crippen molar-refractivity contribution in [2.45, 2.75) is 6.92 Å². The zero-order valence-electron chi connectivity index (χ0n) is 14.3. The third-order valence-corrected chi connectivity index (χ3v) is 4.76. The number of anilines is 1. The van der Waals surface area contributed by atoms with Crippen LogP contribution in [0.5, 0.6) is 5.75 Å². The molecule has 0 aliphatic heterocycles. The van der Waals surface area contributed by atoms with Crippen LogP contribution in [-0.4, -0.2) is 17.4 Å². The van der Waals surface area contributed by atoms with E-state index in [1.54, 1.807) is 12.1 Å². The average molecular weight is 530 g/mol. The molecule has 28 heavy (non-hydrogen) atoms. The van der Waals surface area contributed by atoms with Crippen LogP contribution < -0.4 is 10.1 Å². The van der Waals surface area contributed by atoms with Crippen LogP contribution in [0.2, 0.25) is 5.02 Å². The lowest BCUT2D eigenvalue weighted by Gasteiger charge is -2.11. The number of nitriles is 1. The molecule has 2 aromatic rings. The van der Waals surface area contributed by atoms with Crippen molar-refractivity contribution in [2.24, 2.45) is 0 Å². The van der Waals surface area contributed by atoms with Crippen LogP contribution in [0.1, 0.15) is 12.5 Å². The summed E-state index contributed by atoms with van der Waals surface area (Å²) in [6.45, 7) is 2.21. The largest absolute Gasteiger partial charge is 0.492 e. The predicted molar refractivity (Wildman–Crippen MR) is 113 cm³/mol. The molecule has 7 nitrogen and oxygen atoms in total. The monoisotopic (exact) mass is 527 g/mol. The Hall–Kier alpha value is -2.41. The number of ether oxygens (including phenoxy) is 1. The summed E-state index contributed by atoms with van der Waals surface area (Å²) >= 11 is 12.7. The Morgan fingerprint density at radius 1 is 1.39 bits per heavy atom. The van der Waals surface area contributed by atoms with E-state index >= 15 is 0 Å². The van der Waals surface area contributed by atoms with Crippen LogP contribution in [-0.2, 0) is 4.79 Å². The third-order valence-electron chi connectivity index (χ3n) is 3.40. The van der Waals surface area contributed by atoms with Crippen LogP contribution in [0.25, 0.3) is 6.08 Å². The van der Waals surface area contributed by atoms with Crippen LogP contribution in [0.4, 0.5) is 11.4 Å². The smallest absolute Gasteiger partial charge is 0.271 e. The maximum Gasteiger partial charge on any atom is 0.271 e. The molecule has 2 aromatic carbocycles. The van der Waals surface area contributed by atoms with Crippen molar-refractivity contribution in [3.8, 4) is 11.8 Å². The van der Waals surface area contributed by atoms with Gasteiger partial charge in [0.2, 0.25) is 0 Å². The molecular formula is C18H12Br2ClN3O4. The number of carbonyl (C=O) groups excluding carboxylic acids is 1. The van der Waals surface area contributed by atoms with Gasteiger partial charge in [0.05, 0.1) is 26.7 Å². The number of hydrogen-bond acceptors (Lipinski definition) is 5. The fourth-order valence-corrected chi connectivity index (χ4v) is 3.79. The lowest BCUT2D eigenvalue weighted by atomic mass is 10.1. The molecule has 0 spiro atoms. The van der Waals surface area contributed by atoms with Crippen molar-refractivity contribution in [3.05, 3.63) is 65.6 Å². The highest BCUT2D eigenvalue weighted by Gasteiger charge is 2.16. The summed E-state index contributed by atoms with van der Waals surface area (Å²) in [6.07, 6.45) is 1.38. The number of nitro benzene ring substituents is 1. The quantitative estimate of drug-likeness (QED) is 0.223. The second kappa shape index (κ2) is 9.68. The van der Waals surface area contributed by atoms with Gasteiger partial charge in [-0.05, 0) is 47.1 Å². The zero-order valence-corrected chi connectivity index (χ0v) is 18.3. The third kappa shape index (κ3) is 5.32. The van der Waals surface area contributed by atoms with E-state index in [0.29, 0.717) is 22.4 Å². The molecule has 0 saturated carbocycles. The Bertz CT molecular complexity index is 1020. The second-order valence-electron chi connectivity index (χ2n) is 5.28. The topological polar surface area (TPSA) is 105 Å². The van der Waals surface area contributed by atoms with Gasteiger partial charge >= 0.3 is 0 Å². The number of carbonyl (C=O) groups is 1. The van der Waals surface area contributed by atoms with Crippen molar-refractivity contribution in [2.75, 3.05) is 11.9 Å². The molecule has 0 aromatic heterocycles. The Labute approximate surface area is 182 Å². The maximum absolute atomic E-state index is 12.5. The SMILES string of the molecule is CCOc1c(Br)cc(Br)cc1C=C(C#N)C(=O)Nc1ccc([N+](=O)[O-])cc1Cl. The summed E-state index contributed by atoms with van der Waals surface area (Å²) in [5, 5.41) is 22.7. The molecule has 0 fully saturated rings. The second-order valence-corrected chi connectivity index (χ2v) is 7.46. The number of hydrogen-bond donors (Lipinski definition) is 1. The van der Waals surface area contributed by atoms with Crippen molar-refractivity contribution in [1.29, 1.82) is 5.26 Å². The number of rotatable bonds is 6. The normalized spacial score (nSPS) is 10.9. The standard InChI is InChI=1S/C18H12Br2ClN3O4/c1-2-28-17-10(6-12(19)7-14(17)20)5-11(9-22)18(25)23-16-4-3-13(24(26)27)8-15(16)21/h3-8H,2H2,1H3,(H,23,25). The average Bonchev–Trinajstić information content (AvgIpc) is 2.63. The van der Waals surface area contributed by atoms with Gasteiger partial charge in [-0.2, -0.15) is 5.26 Å². The van der Waals surface area contributed by atoms with Gasteiger partial charge in [0.25, 0.3) is 11.6 Å². The van der Waals surface area contributed by atoms with Crippen molar-refractivity contribution < 1.29 is 14.5 Å². The van der Waals surface area contributed by atoms with E-state index in [2.05, 4.69) is 37.2 Å². The van der Waals surface area contributed by atoms with Crippen molar-refractivity contribution >= 4 is 66.8 Å². The minimum absolute atomic E-state index is 0.0138. The van der Waals surface area contributed by atoms with Gasteiger partial charge in [-0.25, -0.2) is 0 Å². The lowest BCUT2D eigenvalue weighted by Crippen LogP contribution is -2.14. The fourth-order valence-electron chi connectivity index (χ4n) is 2.20. The fraction of sp³-hybridized carbons (Fsp3) is 0.111. The van der Waals surface area contributed by atoms with Crippen molar-refractivity contribution in [1.82, 2.24) is 0 Å². The van der Waals surface area contributed by atoms with Gasteiger partial charge in [-0.3, -0.25) is 14.9 Å². The van der Waals surface area contributed by atoms with E-state index in [-0.39, 0.29) is 22.0 Å². The molecular weight excluding hydrogens is 517 g/mol. The number of halogens is 3. The van der Waals surface area contributed by atoms with Crippen LogP contribution >= 0.6 is 43.5 Å². The van der Waals surface area contributed by atoms with Crippen LogP contribution in [0.15, 0.2) is 44.9 Å². The first-order valence-electron chi connectivity index (χ1n) is 7.75. The molecule has 0 saturated heterocycles. The molecule has 1 amide bonds. The first kappa shape index (κ1) is 21.9. The van der Waals surface area contributed by atoms with Gasteiger partial charge < -0.3 is 10.1 Å². The predicted octanol–water partition coefficient (Wildman–Crippen LogP) is 5.72. The minimum Gasteiger partial charge on any atom is -0.492 e. The lowest BCUT2D eigenvalue weighted by molar-refractivity contribution is -0.384. The summed E-state index contributed by atoms with van der Waals surface area (Å²) in [5.41, 5.74) is 0.267. The van der Waals surface area contributed by atoms with Gasteiger partial charge in [0, 0.05) is 22.2 Å².